The second kappa shape index (κ2) is 5.68. The Morgan fingerprint density at radius 1 is 1.16 bits per heavy atom. The molecular weight excluding hydrogens is 388 g/mol. The fraction of sp³-hybridized carbons (Fsp3) is 0.333. The van der Waals surface area contributed by atoms with E-state index in [0.717, 1.165) is 24.6 Å². The van der Waals surface area contributed by atoms with Crippen molar-refractivity contribution in [3.63, 3.8) is 0 Å². The summed E-state index contributed by atoms with van der Waals surface area (Å²) in [4.78, 5) is 0.954. The highest BCUT2D eigenvalue weighted by molar-refractivity contribution is 9.13. The fourth-order valence-corrected chi connectivity index (χ4v) is 4.46. The predicted octanol–water partition coefficient (Wildman–Crippen LogP) is 5.62. The Kier molecular flexibility index (Phi) is 4.13. The Hall–Kier alpha value is -0.160. The molecule has 0 saturated heterocycles. The van der Waals surface area contributed by atoms with Crippen LogP contribution in [0.3, 0.4) is 0 Å². The summed E-state index contributed by atoms with van der Waals surface area (Å²) in [6.07, 6.45) is 3.44. The van der Waals surface area contributed by atoms with Crippen LogP contribution >= 0.6 is 43.2 Å². The maximum atomic E-state index is 10.4. The zero-order valence-electron chi connectivity index (χ0n) is 10.3. The highest BCUT2D eigenvalue weighted by atomic mass is 79.9. The summed E-state index contributed by atoms with van der Waals surface area (Å²) in [7, 11) is 0. The zero-order valence-corrected chi connectivity index (χ0v) is 14.3. The largest absolute Gasteiger partial charge is 0.383 e. The highest BCUT2D eigenvalue weighted by Gasteiger charge is 2.20. The van der Waals surface area contributed by atoms with E-state index in [4.69, 9.17) is 0 Å². The van der Waals surface area contributed by atoms with E-state index in [9.17, 15) is 5.11 Å². The average molecular weight is 402 g/mol. The normalized spacial score (nSPS) is 17.2. The van der Waals surface area contributed by atoms with Gasteiger partial charge >= 0.3 is 0 Å². The Morgan fingerprint density at radius 2 is 1.84 bits per heavy atom. The Bertz CT molecular complexity index is 553. The maximum Gasteiger partial charge on any atom is 0.113 e. The monoisotopic (exact) mass is 400 g/mol. The molecule has 0 aliphatic heterocycles. The van der Waals surface area contributed by atoms with Crippen LogP contribution in [0.1, 0.15) is 47.3 Å². The van der Waals surface area contributed by atoms with E-state index in [1.54, 1.807) is 11.3 Å². The van der Waals surface area contributed by atoms with Crippen molar-refractivity contribution in [3.05, 3.63) is 54.6 Å². The molecule has 100 valence electrons. The quantitative estimate of drug-likeness (QED) is 0.707. The molecule has 1 nitrogen and oxygen atoms in total. The first-order valence-corrected chi connectivity index (χ1v) is 8.78. The second-order valence-electron chi connectivity index (χ2n) is 4.97. The van der Waals surface area contributed by atoms with Crippen molar-refractivity contribution in [2.24, 2.45) is 0 Å². The highest BCUT2D eigenvalue weighted by Crippen LogP contribution is 2.39. The molecule has 1 saturated carbocycles. The first-order chi connectivity index (χ1) is 9.15. The van der Waals surface area contributed by atoms with E-state index in [0.29, 0.717) is 0 Å². The number of hydrogen-bond donors (Lipinski definition) is 1. The number of aliphatic hydroxyl groups is 1. The van der Waals surface area contributed by atoms with Gasteiger partial charge < -0.3 is 5.11 Å². The van der Waals surface area contributed by atoms with E-state index < -0.39 is 6.10 Å². The summed E-state index contributed by atoms with van der Waals surface area (Å²) in [6, 6.07) is 10.4. The molecule has 1 unspecified atom stereocenters. The van der Waals surface area contributed by atoms with Crippen LogP contribution in [0.2, 0.25) is 0 Å². The molecule has 0 bridgehead atoms. The van der Waals surface area contributed by atoms with Crippen molar-refractivity contribution >= 4 is 43.2 Å². The van der Waals surface area contributed by atoms with Gasteiger partial charge in [0.25, 0.3) is 0 Å². The minimum absolute atomic E-state index is 0.539. The number of halogens is 2. The Labute approximate surface area is 133 Å². The van der Waals surface area contributed by atoms with Gasteiger partial charge in [-0.3, -0.25) is 0 Å². The van der Waals surface area contributed by atoms with Crippen molar-refractivity contribution in [2.45, 2.75) is 31.3 Å². The van der Waals surface area contributed by atoms with Crippen LogP contribution in [0, 0.1) is 0 Å². The fourth-order valence-electron chi connectivity index (χ4n) is 2.35. The first-order valence-electron chi connectivity index (χ1n) is 6.38. The van der Waals surface area contributed by atoms with E-state index in [1.807, 2.05) is 6.07 Å². The molecule has 1 aliphatic rings. The van der Waals surface area contributed by atoms with Crippen LogP contribution in [0.15, 0.2) is 38.6 Å². The first kappa shape index (κ1) is 13.8. The van der Waals surface area contributed by atoms with E-state index in [2.05, 4.69) is 56.1 Å². The molecule has 1 fully saturated rings. The van der Waals surface area contributed by atoms with Gasteiger partial charge in [0.05, 0.1) is 3.79 Å². The molecule has 4 heteroatoms. The molecule has 1 aromatic carbocycles. The molecule has 0 radical (unpaired) electrons. The molecule has 0 amide bonds. The summed E-state index contributed by atoms with van der Waals surface area (Å²) < 4.78 is 2.02. The molecule has 1 aliphatic carbocycles. The predicted molar refractivity (Wildman–Crippen MR) is 86.8 cm³/mol. The van der Waals surface area contributed by atoms with Crippen molar-refractivity contribution < 1.29 is 5.11 Å². The molecule has 1 heterocycles. The van der Waals surface area contributed by atoms with Gasteiger partial charge in [0.2, 0.25) is 0 Å². The third-order valence-corrected chi connectivity index (χ3v) is 7.07. The van der Waals surface area contributed by atoms with Crippen LogP contribution in [0.25, 0.3) is 0 Å². The van der Waals surface area contributed by atoms with Crippen LogP contribution in [0.5, 0.6) is 0 Å². The Balaban J connectivity index is 1.81. The zero-order chi connectivity index (χ0) is 13.4. The molecular formula is C15H14Br2OS. The van der Waals surface area contributed by atoms with Crippen molar-refractivity contribution in [3.8, 4) is 0 Å². The topological polar surface area (TPSA) is 20.2 Å². The van der Waals surface area contributed by atoms with Gasteiger partial charge in [0, 0.05) is 9.35 Å². The Morgan fingerprint density at radius 3 is 2.32 bits per heavy atom. The molecule has 1 aromatic heterocycles. The number of hydrogen-bond acceptors (Lipinski definition) is 2. The lowest BCUT2D eigenvalue weighted by Gasteiger charge is -2.26. The molecule has 1 atom stereocenters. The van der Waals surface area contributed by atoms with Gasteiger partial charge in [0.1, 0.15) is 6.10 Å². The number of benzene rings is 1. The van der Waals surface area contributed by atoms with E-state index in [1.165, 1.54) is 24.8 Å². The minimum Gasteiger partial charge on any atom is -0.383 e. The van der Waals surface area contributed by atoms with E-state index >= 15 is 0 Å². The van der Waals surface area contributed by atoms with Crippen molar-refractivity contribution in [1.29, 1.82) is 0 Å². The molecule has 1 N–H and O–H groups in total. The van der Waals surface area contributed by atoms with Crippen molar-refractivity contribution in [1.82, 2.24) is 0 Å². The summed E-state index contributed by atoms with van der Waals surface area (Å²) in [5.41, 5.74) is 2.38. The third kappa shape index (κ3) is 2.82. The lowest BCUT2D eigenvalue weighted by molar-refractivity contribution is 0.224. The smallest absolute Gasteiger partial charge is 0.113 e. The summed E-state index contributed by atoms with van der Waals surface area (Å²) >= 11 is 8.49. The molecule has 2 aromatic rings. The van der Waals surface area contributed by atoms with Crippen LogP contribution in [-0.2, 0) is 0 Å². The summed E-state index contributed by atoms with van der Waals surface area (Å²) in [6.45, 7) is 0. The number of rotatable bonds is 3. The lowest BCUT2D eigenvalue weighted by atomic mass is 9.80. The molecule has 19 heavy (non-hydrogen) atoms. The van der Waals surface area contributed by atoms with Crippen LogP contribution < -0.4 is 0 Å². The summed E-state index contributed by atoms with van der Waals surface area (Å²) in [5, 5.41) is 10.4. The second-order valence-corrected chi connectivity index (χ2v) is 8.22. The van der Waals surface area contributed by atoms with Gasteiger partial charge in [-0.1, -0.05) is 30.7 Å². The maximum absolute atomic E-state index is 10.4. The van der Waals surface area contributed by atoms with Gasteiger partial charge in [0.15, 0.2) is 0 Å². The molecule has 0 spiro atoms. The third-order valence-electron chi connectivity index (χ3n) is 3.76. The standard InChI is InChI=1S/C15H14Br2OS/c16-12-8-13(19-15(12)17)14(18)11-6-4-10(5-7-11)9-2-1-3-9/h4-9,14,18H,1-3H2. The van der Waals surface area contributed by atoms with Gasteiger partial charge in [-0.05, 0) is 67.8 Å². The number of thiophene rings is 1. The van der Waals surface area contributed by atoms with Gasteiger partial charge in [-0.2, -0.15) is 0 Å². The van der Waals surface area contributed by atoms with Crippen molar-refractivity contribution in [2.75, 3.05) is 0 Å². The number of aliphatic hydroxyl groups excluding tert-OH is 1. The lowest BCUT2D eigenvalue weighted by Crippen LogP contribution is -2.08. The van der Waals surface area contributed by atoms with Gasteiger partial charge in [-0.25, -0.2) is 0 Å². The van der Waals surface area contributed by atoms with Gasteiger partial charge in [-0.15, -0.1) is 11.3 Å². The SMILES string of the molecule is OC(c1ccc(C2CCC2)cc1)c1cc(Br)c(Br)s1. The van der Waals surface area contributed by atoms with E-state index in [-0.39, 0.29) is 0 Å². The average Bonchev–Trinajstić information content (AvgIpc) is 2.68. The minimum atomic E-state index is -0.539. The summed E-state index contributed by atoms with van der Waals surface area (Å²) in [5.74, 6) is 0.746. The molecule has 3 rings (SSSR count). The van der Waals surface area contributed by atoms with Crippen LogP contribution in [-0.4, -0.2) is 5.11 Å². The van der Waals surface area contributed by atoms with Crippen LogP contribution in [0.4, 0.5) is 0 Å².